The van der Waals surface area contributed by atoms with E-state index in [1.54, 1.807) is 0 Å². The summed E-state index contributed by atoms with van der Waals surface area (Å²) in [5.74, 6) is 0. The van der Waals surface area contributed by atoms with Crippen molar-refractivity contribution in [3.63, 3.8) is 0 Å². The molecule has 1 rings (SSSR count). The maximum atomic E-state index is 5.15. The third-order valence-electron chi connectivity index (χ3n) is 1.73. The molecule has 0 spiro atoms. The average molecular weight is 143 g/mol. The minimum absolute atomic E-state index is 0.339. The van der Waals surface area contributed by atoms with Crippen LogP contribution in [0.1, 0.15) is 32.6 Å². The summed E-state index contributed by atoms with van der Waals surface area (Å²) in [6.45, 7) is 4.42. The molecule has 10 heavy (non-hydrogen) atoms. The normalized spacial score (nSPS) is 25.5. The monoisotopic (exact) mass is 143 g/mol. The van der Waals surface area contributed by atoms with Crippen molar-refractivity contribution < 1.29 is 9.47 Å². The van der Waals surface area contributed by atoms with Crippen molar-refractivity contribution in [2.75, 3.05) is 6.61 Å². The molecule has 1 heterocycles. The van der Waals surface area contributed by atoms with Crippen LogP contribution in [-0.2, 0) is 9.47 Å². The molecule has 0 amide bonds. The summed E-state index contributed by atoms with van der Waals surface area (Å²) in [4.78, 5) is 0. The number of hydrogen-bond acceptors (Lipinski definition) is 2. The van der Waals surface area contributed by atoms with Gasteiger partial charge >= 0.3 is 0 Å². The van der Waals surface area contributed by atoms with Gasteiger partial charge in [-0.2, -0.15) is 0 Å². The molecule has 1 radical (unpaired) electrons. The molecule has 2 heteroatoms. The van der Waals surface area contributed by atoms with Crippen molar-refractivity contribution in [3.8, 4) is 0 Å². The summed E-state index contributed by atoms with van der Waals surface area (Å²) < 4.78 is 10.1. The van der Waals surface area contributed by atoms with E-state index in [-0.39, 0.29) is 0 Å². The molecule has 0 bridgehead atoms. The standard InChI is InChI=1S/C8H15O2/c1-2-3-4-5-8-6-9-7-10-8/h7-8H,2-6H2,1H3. The fraction of sp³-hybridized carbons (Fsp3) is 0.875. The van der Waals surface area contributed by atoms with E-state index in [1.165, 1.54) is 26.1 Å². The van der Waals surface area contributed by atoms with Gasteiger partial charge in [-0.3, -0.25) is 0 Å². The van der Waals surface area contributed by atoms with Crippen LogP contribution in [0.5, 0.6) is 0 Å². The van der Waals surface area contributed by atoms with Crippen molar-refractivity contribution in [2.45, 2.75) is 38.7 Å². The molecule has 0 saturated carbocycles. The van der Waals surface area contributed by atoms with Gasteiger partial charge in [-0.25, -0.2) is 0 Å². The van der Waals surface area contributed by atoms with Gasteiger partial charge < -0.3 is 9.47 Å². The molecule has 1 atom stereocenters. The molecule has 0 aromatic heterocycles. The number of hydrogen-bond donors (Lipinski definition) is 0. The van der Waals surface area contributed by atoms with Gasteiger partial charge in [-0.15, -0.1) is 0 Å². The fourth-order valence-corrected chi connectivity index (χ4v) is 1.08. The molecule has 0 aromatic rings. The minimum Gasteiger partial charge on any atom is -0.345 e. The Bertz CT molecular complexity index is 77.3. The lowest BCUT2D eigenvalue weighted by molar-refractivity contribution is 0.122. The van der Waals surface area contributed by atoms with Gasteiger partial charge in [0.1, 0.15) is 0 Å². The summed E-state index contributed by atoms with van der Waals surface area (Å²) in [5.41, 5.74) is 0. The highest BCUT2D eigenvalue weighted by molar-refractivity contribution is 4.63. The first kappa shape index (κ1) is 8.02. The summed E-state index contributed by atoms with van der Waals surface area (Å²) in [7, 11) is 0. The second-order valence-corrected chi connectivity index (χ2v) is 2.68. The van der Waals surface area contributed by atoms with E-state index in [9.17, 15) is 0 Å². The van der Waals surface area contributed by atoms with Crippen molar-refractivity contribution in [1.82, 2.24) is 0 Å². The van der Waals surface area contributed by atoms with Gasteiger partial charge in [0.2, 0.25) is 6.79 Å². The van der Waals surface area contributed by atoms with E-state index in [2.05, 4.69) is 6.92 Å². The van der Waals surface area contributed by atoms with E-state index in [0.29, 0.717) is 6.10 Å². The van der Waals surface area contributed by atoms with Crippen LogP contribution < -0.4 is 0 Å². The Hall–Kier alpha value is -0.0800. The van der Waals surface area contributed by atoms with Gasteiger partial charge in [-0.05, 0) is 6.42 Å². The third-order valence-corrected chi connectivity index (χ3v) is 1.73. The molecule has 1 saturated heterocycles. The maximum Gasteiger partial charge on any atom is 0.209 e. The lowest BCUT2D eigenvalue weighted by Gasteiger charge is -2.04. The lowest BCUT2D eigenvalue weighted by Crippen LogP contribution is -2.07. The third kappa shape index (κ3) is 2.67. The summed E-state index contributed by atoms with van der Waals surface area (Å²) in [6, 6.07) is 0. The van der Waals surface area contributed by atoms with Crippen LogP contribution in [0.2, 0.25) is 0 Å². The Morgan fingerprint density at radius 3 is 3.00 bits per heavy atom. The van der Waals surface area contributed by atoms with Crippen LogP contribution in [-0.4, -0.2) is 12.7 Å². The minimum atomic E-state index is 0.339. The second kappa shape index (κ2) is 4.69. The first-order valence-electron chi connectivity index (χ1n) is 4.02. The van der Waals surface area contributed by atoms with Crippen molar-refractivity contribution >= 4 is 0 Å². The highest BCUT2D eigenvalue weighted by atomic mass is 16.7. The predicted octanol–water partition coefficient (Wildman–Crippen LogP) is 2.10. The van der Waals surface area contributed by atoms with Crippen molar-refractivity contribution in [2.24, 2.45) is 0 Å². The van der Waals surface area contributed by atoms with E-state index in [1.807, 2.05) is 0 Å². The van der Waals surface area contributed by atoms with Crippen LogP contribution in [0.4, 0.5) is 0 Å². The molecule has 0 aliphatic carbocycles. The average Bonchev–Trinajstić information content (AvgIpc) is 2.41. The molecular formula is C8H15O2. The van der Waals surface area contributed by atoms with Gasteiger partial charge in [0.25, 0.3) is 0 Å². The van der Waals surface area contributed by atoms with Crippen molar-refractivity contribution in [3.05, 3.63) is 6.79 Å². The molecule has 1 aliphatic heterocycles. The zero-order valence-electron chi connectivity index (χ0n) is 6.51. The highest BCUT2D eigenvalue weighted by Crippen LogP contribution is 2.13. The summed E-state index contributed by atoms with van der Waals surface area (Å²) in [6.07, 6.45) is 5.33. The Balaban J connectivity index is 1.91. The molecule has 1 aliphatic rings. The number of unbranched alkanes of at least 4 members (excludes halogenated alkanes) is 2. The molecule has 0 aromatic carbocycles. The molecule has 0 N–H and O–H groups in total. The van der Waals surface area contributed by atoms with Crippen LogP contribution in [0, 0.1) is 6.79 Å². The van der Waals surface area contributed by atoms with Gasteiger partial charge in [0.05, 0.1) is 12.7 Å². The molecule has 1 fully saturated rings. The zero-order valence-corrected chi connectivity index (χ0v) is 6.51. The van der Waals surface area contributed by atoms with Gasteiger partial charge in [0.15, 0.2) is 0 Å². The predicted molar refractivity (Wildman–Crippen MR) is 39.3 cm³/mol. The van der Waals surface area contributed by atoms with Crippen LogP contribution in [0.15, 0.2) is 0 Å². The summed E-state index contributed by atoms with van der Waals surface area (Å²) >= 11 is 0. The van der Waals surface area contributed by atoms with Crippen molar-refractivity contribution in [1.29, 1.82) is 0 Å². The Morgan fingerprint density at radius 1 is 1.50 bits per heavy atom. The van der Waals surface area contributed by atoms with Crippen LogP contribution in [0.3, 0.4) is 0 Å². The zero-order chi connectivity index (χ0) is 7.23. The Morgan fingerprint density at radius 2 is 2.40 bits per heavy atom. The summed E-state index contributed by atoms with van der Waals surface area (Å²) in [5, 5.41) is 0. The second-order valence-electron chi connectivity index (χ2n) is 2.68. The van der Waals surface area contributed by atoms with Gasteiger partial charge in [0, 0.05) is 0 Å². The fourth-order valence-electron chi connectivity index (χ4n) is 1.08. The van der Waals surface area contributed by atoms with E-state index in [4.69, 9.17) is 9.47 Å². The van der Waals surface area contributed by atoms with E-state index >= 15 is 0 Å². The van der Waals surface area contributed by atoms with Gasteiger partial charge in [-0.1, -0.05) is 26.2 Å². The van der Waals surface area contributed by atoms with E-state index < -0.39 is 0 Å². The molecule has 59 valence electrons. The molecule has 1 unspecified atom stereocenters. The van der Waals surface area contributed by atoms with E-state index in [0.717, 1.165) is 13.0 Å². The highest BCUT2D eigenvalue weighted by Gasteiger charge is 2.15. The first-order valence-corrected chi connectivity index (χ1v) is 4.02. The topological polar surface area (TPSA) is 18.5 Å². The Kier molecular flexibility index (Phi) is 3.76. The number of ether oxygens (including phenoxy) is 2. The maximum absolute atomic E-state index is 5.15. The molecular weight excluding hydrogens is 128 g/mol. The quantitative estimate of drug-likeness (QED) is 0.561. The SMILES string of the molecule is CCCCCC1CO[CH]O1. The number of rotatable bonds is 4. The van der Waals surface area contributed by atoms with Crippen LogP contribution >= 0.6 is 0 Å². The smallest absolute Gasteiger partial charge is 0.209 e. The lowest BCUT2D eigenvalue weighted by atomic mass is 10.1. The first-order chi connectivity index (χ1) is 4.93. The largest absolute Gasteiger partial charge is 0.345 e. The Labute approximate surface area is 62.5 Å². The molecule has 2 nitrogen and oxygen atoms in total. The van der Waals surface area contributed by atoms with Crippen LogP contribution in [0.25, 0.3) is 0 Å².